The molecule has 2 aromatic rings. The van der Waals surface area contributed by atoms with E-state index in [1.807, 2.05) is 6.07 Å². The zero-order chi connectivity index (χ0) is 16.0. The van der Waals surface area contributed by atoms with Crippen molar-refractivity contribution in [3.63, 3.8) is 0 Å². The van der Waals surface area contributed by atoms with Crippen LogP contribution in [0.25, 0.3) is 0 Å². The van der Waals surface area contributed by atoms with Crippen LogP contribution in [-0.2, 0) is 21.4 Å². The number of aromatic nitrogens is 1. The lowest BCUT2D eigenvalue weighted by Crippen LogP contribution is -2.36. The second-order valence-electron chi connectivity index (χ2n) is 4.42. The van der Waals surface area contributed by atoms with Gasteiger partial charge in [0, 0.05) is 24.0 Å². The second kappa shape index (κ2) is 7.35. The van der Waals surface area contributed by atoms with Crippen molar-refractivity contribution in [1.82, 2.24) is 15.0 Å². The van der Waals surface area contributed by atoms with Gasteiger partial charge in [0.1, 0.15) is 0 Å². The highest BCUT2D eigenvalue weighted by Crippen LogP contribution is 2.13. The summed E-state index contributed by atoms with van der Waals surface area (Å²) in [5.41, 5.74) is 0.830. The predicted octanol–water partition coefficient (Wildman–Crippen LogP) is 1.33. The highest BCUT2D eigenvalue weighted by molar-refractivity contribution is 7.89. The summed E-state index contributed by atoms with van der Waals surface area (Å²) in [6.45, 7) is -0.0550. The summed E-state index contributed by atoms with van der Waals surface area (Å²) in [4.78, 5) is 15.6. The smallest absolute Gasteiger partial charge is 0.241 e. The molecule has 0 aliphatic carbocycles. The zero-order valence-electron chi connectivity index (χ0n) is 11.5. The monoisotopic (exact) mass is 339 g/mol. The maximum Gasteiger partial charge on any atom is 0.241 e. The van der Waals surface area contributed by atoms with E-state index in [-0.39, 0.29) is 18.0 Å². The first-order chi connectivity index (χ1) is 10.5. The van der Waals surface area contributed by atoms with Crippen LogP contribution < -0.4 is 10.0 Å². The molecule has 0 saturated heterocycles. The molecule has 0 aliphatic rings. The van der Waals surface area contributed by atoms with E-state index in [1.54, 1.807) is 18.5 Å². The van der Waals surface area contributed by atoms with Crippen LogP contribution >= 0.6 is 11.6 Å². The molecule has 6 nitrogen and oxygen atoms in total. The van der Waals surface area contributed by atoms with Crippen molar-refractivity contribution in [2.45, 2.75) is 11.4 Å². The van der Waals surface area contributed by atoms with Gasteiger partial charge in [-0.2, -0.15) is 0 Å². The molecule has 22 heavy (non-hydrogen) atoms. The van der Waals surface area contributed by atoms with E-state index in [1.165, 1.54) is 24.3 Å². The Balaban J connectivity index is 1.86. The fourth-order valence-corrected chi connectivity index (χ4v) is 2.73. The number of hydrogen-bond donors (Lipinski definition) is 2. The topological polar surface area (TPSA) is 88.2 Å². The van der Waals surface area contributed by atoms with Gasteiger partial charge < -0.3 is 5.32 Å². The highest BCUT2D eigenvalue weighted by atomic mass is 35.5. The number of nitrogens with zero attached hydrogens (tertiary/aromatic N) is 1. The lowest BCUT2D eigenvalue weighted by Gasteiger charge is -2.08. The number of amides is 1. The van der Waals surface area contributed by atoms with Crippen LogP contribution in [0.3, 0.4) is 0 Å². The Bertz CT molecular complexity index is 734. The Labute approximate surface area is 133 Å². The van der Waals surface area contributed by atoms with Gasteiger partial charge in [0.15, 0.2) is 0 Å². The normalized spacial score (nSPS) is 11.1. The SMILES string of the molecule is O=C(CNS(=O)(=O)c1ccc(Cl)cc1)NCc1cccnc1. The largest absolute Gasteiger partial charge is 0.351 e. The first kappa shape index (κ1) is 16.4. The van der Waals surface area contributed by atoms with E-state index in [2.05, 4.69) is 15.0 Å². The molecule has 8 heteroatoms. The highest BCUT2D eigenvalue weighted by Gasteiger charge is 2.15. The van der Waals surface area contributed by atoms with Crippen molar-refractivity contribution in [1.29, 1.82) is 0 Å². The van der Waals surface area contributed by atoms with Crippen LogP contribution in [-0.4, -0.2) is 25.9 Å². The summed E-state index contributed by atoms with van der Waals surface area (Å²) >= 11 is 5.70. The van der Waals surface area contributed by atoms with E-state index >= 15 is 0 Å². The number of rotatable bonds is 6. The quantitative estimate of drug-likeness (QED) is 0.831. The van der Waals surface area contributed by atoms with Crippen LogP contribution in [0.2, 0.25) is 5.02 Å². The predicted molar refractivity (Wildman–Crippen MR) is 82.7 cm³/mol. The number of carbonyl (C=O) groups excluding carboxylic acids is 1. The summed E-state index contributed by atoms with van der Waals surface area (Å²) in [7, 11) is -3.74. The fourth-order valence-electron chi connectivity index (χ4n) is 1.62. The van der Waals surface area contributed by atoms with Crippen LogP contribution in [0, 0.1) is 0 Å². The number of benzene rings is 1. The van der Waals surface area contributed by atoms with Crippen molar-refractivity contribution >= 4 is 27.5 Å². The average Bonchev–Trinajstić information content (AvgIpc) is 2.52. The van der Waals surface area contributed by atoms with Gasteiger partial charge >= 0.3 is 0 Å². The standard InChI is InChI=1S/C14H14ClN3O3S/c15-12-3-5-13(6-4-12)22(20,21)18-10-14(19)17-9-11-2-1-7-16-8-11/h1-8,18H,9-10H2,(H,17,19). The van der Waals surface area contributed by atoms with Gasteiger partial charge in [0.25, 0.3) is 0 Å². The molecule has 1 amide bonds. The molecule has 0 unspecified atom stereocenters. The van der Waals surface area contributed by atoms with Crippen molar-refractivity contribution in [2.75, 3.05) is 6.54 Å². The maximum absolute atomic E-state index is 12.0. The molecule has 0 atom stereocenters. The molecular weight excluding hydrogens is 326 g/mol. The van der Waals surface area contributed by atoms with Crippen LogP contribution in [0.15, 0.2) is 53.7 Å². The van der Waals surface area contributed by atoms with Gasteiger partial charge in [-0.1, -0.05) is 17.7 Å². The molecule has 1 aromatic heterocycles. The molecule has 0 bridgehead atoms. The van der Waals surface area contributed by atoms with Crippen molar-refractivity contribution < 1.29 is 13.2 Å². The van der Waals surface area contributed by atoms with Crippen molar-refractivity contribution in [3.8, 4) is 0 Å². The first-order valence-corrected chi connectivity index (χ1v) is 8.24. The van der Waals surface area contributed by atoms with Gasteiger partial charge in [-0.15, -0.1) is 0 Å². The molecule has 0 fully saturated rings. The van der Waals surface area contributed by atoms with E-state index in [4.69, 9.17) is 11.6 Å². The molecule has 2 N–H and O–H groups in total. The lowest BCUT2D eigenvalue weighted by atomic mass is 10.3. The van der Waals surface area contributed by atoms with Crippen LogP contribution in [0.1, 0.15) is 5.56 Å². The van der Waals surface area contributed by atoms with Crippen LogP contribution in [0.4, 0.5) is 0 Å². The molecule has 1 aromatic carbocycles. The minimum absolute atomic E-state index is 0.0527. The number of nitrogens with one attached hydrogen (secondary N) is 2. The Morgan fingerprint density at radius 3 is 2.55 bits per heavy atom. The maximum atomic E-state index is 12.0. The third-order valence-electron chi connectivity index (χ3n) is 2.76. The number of hydrogen-bond acceptors (Lipinski definition) is 4. The summed E-state index contributed by atoms with van der Waals surface area (Å²) in [6, 6.07) is 9.25. The van der Waals surface area contributed by atoms with E-state index in [9.17, 15) is 13.2 Å². The number of carbonyl (C=O) groups is 1. The third-order valence-corrected chi connectivity index (χ3v) is 4.43. The summed E-state index contributed by atoms with van der Waals surface area (Å²) < 4.78 is 26.2. The fraction of sp³-hybridized carbons (Fsp3) is 0.143. The summed E-state index contributed by atoms with van der Waals surface area (Å²) in [5.74, 6) is -0.429. The molecule has 0 aliphatic heterocycles. The average molecular weight is 340 g/mol. The zero-order valence-corrected chi connectivity index (χ0v) is 13.1. The van der Waals surface area contributed by atoms with E-state index in [0.717, 1.165) is 5.56 Å². The van der Waals surface area contributed by atoms with Gasteiger partial charge in [0.05, 0.1) is 11.4 Å². The van der Waals surface area contributed by atoms with Crippen molar-refractivity contribution in [2.24, 2.45) is 0 Å². The summed E-state index contributed by atoms with van der Waals surface area (Å²) in [6.07, 6.45) is 3.25. The van der Waals surface area contributed by atoms with E-state index < -0.39 is 15.9 Å². The molecule has 1 heterocycles. The molecular formula is C14H14ClN3O3S. The summed E-state index contributed by atoms with van der Waals surface area (Å²) in [5, 5.41) is 3.04. The molecule has 0 radical (unpaired) electrons. The van der Waals surface area contributed by atoms with Crippen molar-refractivity contribution in [3.05, 3.63) is 59.4 Å². The van der Waals surface area contributed by atoms with Gasteiger partial charge in [0.2, 0.25) is 15.9 Å². The van der Waals surface area contributed by atoms with Crippen LogP contribution in [0.5, 0.6) is 0 Å². The number of sulfonamides is 1. The first-order valence-electron chi connectivity index (χ1n) is 6.38. The Kier molecular flexibility index (Phi) is 5.48. The molecule has 2 rings (SSSR count). The molecule has 0 spiro atoms. The Hall–Kier alpha value is -1.96. The second-order valence-corrected chi connectivity index (χ2v) is 6.62. The third kappa shape index (κ3) is 4.80. The molecule has 0 saturated carbocycles. The number of halogens is 1. The van der Waals surface area contributed by atoms with Gasteiger partial charge in [-0.25, -0.2) is 13.1 Å². The minimum atomic E-state index is -3.74. The van der Waals surface area contributed by atoms with Gasteiger partial charge in [-0.05, 0) is 35.9 Å². The van der Waals surface area contributed by atoms with Gasteiger partial charge in [-0.3, -0.25) is 9.78 Å². The number of pyridine rings is 1. The lowest BCUT2D eigenvalue weighted by molar-refractivity contribution is -0.120. The van der Waals surface area contributed by atoms with E-state index in [0.29, 0.717) is 5.02 Å². The Morgan fingerprint density at radius 1 is 1.18 bits per heavy atom. The Morgan fingerprint density at radius 2 is 1.91 bits per heavy atom. The molecule has 116 valence electrons. The minimum Gasteiger partial charge on any atom is -0.351 e.